The lowest BCUT2D eigenvalue weighted by atomic mass is 9.81. The van der Waals surface area contributed by atoms with Gasteiger partial charge in [-0.25, -0.2) is 18.4 Å². The molecule has 0 radical (unpaired) electrons. The van der Waals surface area contributed by atoms with Gasteiger partial charge in [0.25, 0.3) is 5.91 Å². The van der Waals surface area contributed by atoms with Crippen molar-refractivity contribution in [2.45, 2.75) is 56.6 Å². The van der Waals surface area contributed by atoms with E-state index in [4.69, 9.17) is 14.4 Å². The van der Waals surface area contributed by atoms with Gasteiger partial charge in [-0.15, -0.1) is 0 Å². The maximum absolute atomic E-state index is 12.7. The van der Waals surface area contributed by atoms with Crippen molar-refractivity contribution in [3.63, 3.8) is 0 Å². The molecular formula is C18H28BN3O7S. The standard InChI is InChI=1S/C18H28BN3O7S/c1-17(2)18(3,4)29-19(28-17)13-7-20-16(21-8-13)30(26,27)11-12-5-6-22(9-12)15(25)14(24)10-23/h7-8,12,14,23-24H,5-6,9-11H2,1-4H3/t12-,14+/m1/s1. The van der Waals surface area contributed by atoms with E-state index in [2.05, 4.69) is 9.97 Å². The number of hydrogen-bond donors (Lipinski definition) is 2. The minimum atomic E-state index is -3.76. The second-order valence-electron chi connectivity index (χ2n) is 8.81. The van der Waals surface area contributed by atoms with Crippen LogP contribution in [0, 0.1) is 5.92 Å². The van der Waals surface area contributed by atoms with Gasteiger partial charge in [0, 0.05) is 30.9 Å². The Morgan fingerprint density at radius 2 is 1.83 bits per heavy atom. The molecule has 3 heterocycles. The highest BCUT2D eigenvalue weighted by Gasteiger charge is 2.52. The summed E-state index contributed by atoms with van der Waals surface area (Å²) in [6.07, 6.45) is 1.79. The van der Waals surface area contributed by atoms with Gasteiger partial charge in [-0.05, 0) is 40.0 Å². The zero-order valence-electron chi connectivity index (χ0n) is 17.6. The molecule has 0 spiro atoms. The largest absolute Gasteiger partial charge is 0.498 e. The van der Waals surface area contributed by atoms with Gasteiger partial charge < -0.3 is 24.4 Å². The van der Waals surface area contributed by atoms with E-state index in [-0.39, 0.29) is 23.4 Å². The first-order valence-electron chi connectivity index (χ1n) is 9.84. The van der Waals surface area contributed by atoms with E-state index in [9.17, 15) is 18.3 Å². The summed E-state index contributed by atoms with van der Waals surface area (Å²) in [5, 5.41) is 18.1. The highest BCUT2D eigenvalue weighted by molar-refractivity contribution is 7.91. The summed E-state index contributed by atoms with van der Waals surface area (Å²) in [6.45, 7) is 7.54. The molecule has 2 fully saturated rings. The van der Waals surface area contributed by atoms with Crippen molar-refractivity contribution in [1.29, 1.82) is 0 Å². The molecule has 1 aromatic heterocycles. The fraction of sp³-hybridized carbons (Fsp3) is 0.722. The summed E-state index contributed by atoms with van der Waals surface area (Å²) in [6, 6.07) is 0. The molecule has 0 saturated carbocycles. The molecule has 1 amide bonds. The third-order valence-electron chi connectivity index (χ3n) is 5.96. The minimum absolute atomic E-state index is 0.196. The first-order chi connectivity index (χ1) is 13.9. The van der Waals surface area contributed by atoms with Crippen LogP contribution in [0.3, 0.4) is 0 Å². The average Bonchev–Trinajstić information content (AvgIpc) is 3.21. The van der Waals surface area contributed by atoms with Crippen LogP contribution in [-0.4, -0.2) is 89.3 Å². The van der Waals surface area contributed by atoms with Gasteiger partial charge in [0.15, 0.2) is 6.10 Å². The smallest absolute Gasteiger partial charge is 0.399 e. The highest BCUT2D eigenvalue weighted by Crippen LogP contribution is 2.36. The Kier molecular flexibility index (Phi) is 6.27. The Bertz CT molecular complexity index is 876. The number of likely N-dealkylation sites (tertiary alicyclic amines) is 1. The first kappa shape index (κ1) is 23.1. The Morgan fingerprint density at radius 3 is 2.37 bits per heavy atom. The number of aliphatic hydroxyl groups excluding tert-OH is 2. The van der Waals surface area contributed by atoms with E-state index < -0.39 is 46.8 Å². The fourth-order valence-electron chi connectivity index (χ4n) is 3.43. The molecule has 10 nitrogen and oxygen atoms in total. The zero-order chi connectivity index (χ0) is 22.3. The molecule has 2 aliphatic heterocycles. The number of carbonyl (C=O) groups is 1. The molecular weight excluding hydrogens is 413 g/mol. The van der Waals surface area contributed by atoms with Crippen LogP contribution in [0.2, 0.25) is 0 Å². The Labute approximate surface area is 176 Å². The van der Waals surface area contributed by atoms with Crippen LogP contribution >= 0.6 is 0 Å². The summed E-state index contributed by atoms with van der Waals surface area (Å²) in [7, 11) is -4.44. The summed E-state index contributed by atoms with van der Waals surface area (Å²) in [4.78, 5) is 21.3. The zero-order valence-corrected chi connectivity index (χ0v) is 18.4. The Balaban J connectivity index is 1.64. The monoisotopic (exact) mass is 441 g/mol. The summed E-state index contributed by atoms with van der Waals surface area (Å²) in [5.74, 6) is -1.10. The van der Waals surface area contributed by atoms with Crippen molar-refractivity contribution < 1.29 is 32.7 Å². The lowest BCUT2D eigenvalue weighted by Gasteiger charge is -2.32. The molecule has 2 saturated heterocycles. The topological polar surface area (TPSA) is 139 Å². The van der Waals surface area contributed by atoms with Crippen LogP contribution in [0.15, 0.2) is 17.6 Å². The minimum Gasteiger partial charge on any atom is -0.399 e. The van der Waals surface area contributed by atoms with Crippen LogP contribution in [0.25, 0.3) is 0 Å². The second-order valence-corrected chi connectivity index (χ2v) is 10.7. The predicted octanol–water partition coefficient (Wildman–Crippen LogP) is -1.25. The number of aliphatic hydroxyl groups is 2. The third-order valence-corrected chi connectivity index (χ3v) is 7.64. The average molecular weight is 441 g/mol. The Hall–Kier alpha value is -1.60. The molecule has 30 heavy (non-hydrogen) atoms. The molecule has 166 valence electrons. The van der Waals surface area contributed by atoms with E-state index in [1.165, 1.54) is 17.3 Å². The predicted molar refractivity (Wildman–Crippen MR) is 108 cm³/mol. The van der Waals surface area contributed by atoms with Gasteiger partial charge in [-0.1, -0.05) is 0 Å². The van der Waals surface area contributed by atoms with E-state index in [0.29, 0.717) is 18.4 Å². The van der Waals surface area contributed by atoms with Crippen molar-refractivity contribution >= 4 is 28.3 Å². The Morgan fingerprint density at radius 1 is 1.27 bits per heavy atom. The van der Waals surface area contributed by atoms with E-state index >= 15 is 0 Å². The molecule has 0 aliphatic carbocycles. The maximum atomic E-state index is 12.7. The van der Waals surface area contributed by atoms with E-state index in [1.807, 2.05) is 27.7 Å². The van der Waals surface area contributed by atoms with Crippen LogP contribution in [0.5, 0.6) is 0 Å². The number of aromatic nitrogens is 2. The number of amides is 1. The van der Waals surface area contributed by atoms with Gasteiger partial charge in [-0.3, -0.25) is 4.79 Å². The molecule has 0 unspecified atom stereocenters. The molecule has 1 aromatic rings. The number of nitrogens with zero attached hydrogens (tertiary/aromatic N) is 3. The SMILES string of the molecule is CC1(C)OB(c2cnc(S(=O)(=O)C[C@@H]3CCN(C(=O)[C@@H](O)CO)C3)nc2)OC1(C)C. The quantitative estimate of drug-likeness (QED) is 0.410. The maximum Gasteiger partial charge on any atom is 0.498 e. The van der Waals surface area contributed by atoms with Crippen LogP contribution < -0.4 is 5.46 Å². The van der Waals surface area contributed by atoms with E-state index in [1.54, 1.807) is 0 Å². The fourth-order valence-corrected chi connectivity index (χ4v) is 4.90. The van der Waals surface area contributed by atoms with Crippen molar-refractivity contribution in [1.82, 2.24) is 14.9 Å². The summed E-state index contributed by atoms with van der Waals surface area (Å²) < 4.78 is 37.3. The molecule has 2 aliphatic rings. The first-order valence-corrected chi connectivity index (χ1v) is 11.5. The molecule has 12 heteroatoms. The highest BCUT2D eigenvalue weighted by atomic mass is 32.2. The van der Waals surface area contributed by atoms with Gasteiger partial charge in [0.1, 0.15) is 0 Å². The number of sulfone groups is 1. The second kappa shape index (κ2) is 8.15. The number of hydrogen-bond acceptors (Lipinski definition) is 9. The number of carbonyl (C=O) groups excluding carboxylic acids is 1. The third kappa shape index (κ3) is 4.52. The van der Waals surface area contributed by atoms with Crippen LogP contribution in [0.1, 0.15) is 34.1 Å². The molecule has 0 bridgehead atoms. The molecule has 3 rings (SSSR count). The summed E-state index contributed by atoms with van der Waals surface area (Å²) >= 11 is 0. The normalized spacial score (nSPS) is 24.3. The van der Waals surface area contributed by atoms with Gasteiger partial charge in [-0.2, -0.15) is 0 Å². The van der Waals surface area contributed by atoms with Crippen molar-refractivity contribution in [3.8, 4) is 0 Å². The number of rotatable bonds is 6. The van der Waals surface area contributed by atoms with Crippen LogP contribution in [-0.2, 0) is 23.9 Å². The van der Waals surface area contributed by atoms with Crippen molar-refractivity contribution in [3.05, 3.63) is 12.4 Å². The summed E-state index contributed by atoms with van der Waals surface area (Å²) in [5.41, 5.74) is -0.529. The van der Waals surface area contributed by atoms with Crippen molar-refractivity contribution in [2.75, 3.05) is 25.4 Å². The van der Waals surface area contributed by atoms with Crippen LogP contribution in [0.4, 0.5) is 0 Å². The molecule has 2 atom stereocenters. The van der Waals surface area contributed by atoms with Crippen molar-refractivity contribution in [2.24, 2.45) is 5.92 Å². The van der Waals surface area contributed by atoms with E-state index in [0.717, 1.165) is 0 Å². The van der Waals surface area contributed by atoms with Gasteiger partial charge in [0.2, 0.25) is 15.0 Å². The molecule has 0 aromatic carbocycles. The van der Waals surface area contributed by atoms with Gasteiger partial charge >= 0.3 is 7.12 Å². The lowest BCUT2D eigenvalue weighted by molar-refractivity contribution is -0.141. The lowest BCUT2D eigenvalue weighted by Crippen LogP contribution is -2.41. The molecule has 2 N–H and O–H groups in total. The van der Waals surface area contributed by atoms with Gasteiger partial charge in [0.05, 0.1) is 23.6 Å².